The second-order valence-electron chi connectivity index (χ2n) is 5.19. The molecule has 1 heterocycles. The molecule has 2 aliphatic rings. The average molecular weight is 266 g/mol. The van der Waals surface area contributed by atoms with Crippen LogP contribution in [0.1, 0.15) is 25.7 Å². The van der Waals surface area contributed by atoms with Gasteiger partial charge < -0.3 is 10.1 Å². The molecule has 1 saturated carbocycles. The van der Waals surface area contributed by atoms with Crippen molar-refractivity contribution in [2.45, 2.75) is 43.9 Å². The minimum Gasteiger partial charge on any atom is -0.371 e. The SMILES string of the molecule is FC(F)(F)COCCN(C[C@H]1CCCN1)C1CC1. The summed E-state index contributed by atoms with van der Waals surface area (Å²) in [6.45, 7) is 1.66. The van der Waals surface area contributed by atoms with Gasteiger partial charge in [0.15, 0.2) is 0 Å². The lowest BCUT2D eigenvalue weighted by Crippen LogP contribution is -2.40. The normalized spacial score (nSPS) is 25.0. The van der Waals surface area contributed by atoms with Crippen LogP contribution in [0.15, 0.2) is 0 Å². The maximum Gasteiger partial charge on any atom is 0.411 e. The molecule has 6 heteroatoms. The zero-order valence-corrected chi connectivity index (χ0v) is 10.5. The molecule has 1 saturated heterocycles. The van der Waals surface area contributed by atoms with E-state index in [1.54, 1.807) is 0 Å². The van der Waals surface area contributed by atoms with Gasteiger partial charge >= 0.3 is 6.18 Å². The van der Waals surface area contributed by atoms with Crippen LogP contribution in [0.4, 0.5) is 13.2 Å². The first-order valence-electron chi connectivity index (χ1n) is 6.66. The van der Waals surface area contributed by atoms with Gasteiger partial charge in [-0.25, -0.2) is 0 Å². The fourth-order valence-electron chi connectivity index (χ4n) is 2.43. The molecule has 1 aliphatic carbocycles. The van der Waals surface area contributed by atoms with Crippen LogP contribution < -0.4 is 5.32 Å². The van der Waals surface area contributed by atoms with Gasteiger partial charge in [0, 0.05) is 25.2 Å². The van der Waals surface area contributed by atoms with Crippen molar-refractivity contribution >= 4 is 0 Å². The maximum absolute atomic E-state index is 11.9. The molecule has 0 aromatic rings. The molecule has 106 valence electrons. The van der Waals surface area contributed by atoms with E-state index in [1.165, 1.54) is 25.7 Å². The quantitative estimate of drug-likeness (QED) is 0.711. The van der Waals surface area contributed by atoms with E-state index in [0.717, 1.165) is 13.1 Å². The van der Waals surface area contributed by atoms with Gasteiger partial charge in [-0.3, -0.25) is 4.90 Å². The highest BCUT2D eigenvalue weighted by atomic mass is 19.4. The summed E-state index contributed by atoms with van der Waals surface area (Å²) in [6, 6.07) is 1.08. The van der Waals surface area contributed by atoms with Gasteiger partial charge in [-0.1, -0.05) is 0 Å². The average Bonchev–Trinajstić information content (AvgIpc) is 3.00. The third kappa shape index (κ3) is 5.12. The largest absolute Gasteiger partial charge is 0.411 e. The highest BCUT2D eigenvalue weighted by molar-refractivity contribution is 4.88. The highest BCUT2D eigenvalue weighted by Gasteiger charge is 2.31. The summed E-state index contributed by atoms with van der Waals surface area (Å²) in [5, 5.41) is 3.42. The zero-order valence-electron chi connectivity index (χ0n) is 10.5. The van der Waals surface area contributed by atoms with Crippen molar-refractivity contribution in [1.29, 1.82) is 0 Å². The minimum absolute atomic E-state index is 0.169. The Bertz CT molecular complexity index is 250. The summed E-state index contributed by atoms with van der Waals surface area (Å²) >= 11 is 0. The molecule has 3 nitrogen and oxygen atoms in total. The van der Waals surface area contributed by atoms with Gasteiger partial charge in [0.1, 0.15) is 6.61 Å². The monoisotopic (exact) mass is 266 g/mol. The lowest BCUT2D eigenvalue weighted by molar-refractivity contribution is -0.174. The Morgan fingerprint density at radius 3 is 2.56 bits per heavy atom. The number of rotatable bonds is 7. The Hall–Kier alpha value is -0.330. The van der Waals surface area contributed by atoms with Crippen molar-refractivity contribution in [3.8, 4) is 0 Å². The number of nitrogens with one attached hydrogen (secondary N) is 1. The fourth-order valence-corrected chi connectivity index (χ4v) is 2.43. The molecule has 1 atom stereocenters. The van der Waals surface area contributed by atoms with E-state index in [2.05, 4.69) is 15.0 Å². The summed E-state index contributed by atoms with van der Waals surface area (Å²) < 4.78 is 40.5. The Morgan fingerprint density at radius 1 is 1.22 bits per heavy atom. The van der Waals surface area contributed by atoms with Crippen LogP contribution in [-0.2, 0) is 4.74 Å². The van der Waals surface area contributed by atoms with Crippen molar-refractivity contribution in [1.82, 2.24) is 10.2 Å². The van der Waals surface area contributed by atoms with Gasteiger partial charge in [-0.05, 0) is 32.2 Å². The van der Waals surface area contributed by atoms with Crippen LogP contribution in [0.25, 0.3) is 0 Å². The van der Waals surface area contributed by atoms with Crippen LogP contribution in [-0.4, -0.2) is 56.0 Å². The van der Waals surface area contributed by atoms with Gasteiger partial charge in [0.2, 0.25) is 0 Å². The van der Waals surface area contributed by atoms with Crippen molar-refractivity contribution in [3.05, 3.63) is 0 Å². The minimum atomic E-state index is -4.21. The third-order valence-electron chi connectivity index (χ3n) is 3.47. The number of hydrogen-bond acceptors (Lipinski definition) is 3. The summed E-state index contributed by atoms with van der Waals surface area (Å²) in [7, 11) is 0. The Kier molecular flexibility index (Phi) is 4.86. The second-order valence-corrected chi connectivity index (χ2v) is 5.19. The van der Waals surface area contributed by atoms with Crippen LogP contribution in [0, 0.1) is 0 Å². The molecular formula is C12H21F3N2O. The van der Waals surface area contributed by atoms with Crippen LogP contribution in [0.3, 0.4) is 0 Å². The smallest absolute Gasteiger partial charge is 0.371 e. The van der Waals surface area contributed by atoms with Crippen LogP contribution in [0.2, 0.25) is 0 Å². The molecule has 2 fully saturated rings. The number of nitrogens with zero attached hydrogens (tertiary/aromatic N) is 1. The number of hydrogen-bond donors (Lipinski definition) is 1. The summed E-state index contributed by atoms with van der Waals surface area (Å²) in [5.74, 6) is 0. The lowest BCUT2D eigenvalue weighted by atomic mass is 10.2. The molecule has 0 unspecified atom stereocenters. The molecule has 0 radical (unpaired) electrons. The Morgan fingerprint density at radius 2 is 2.00 bits per heavy atom. The molecule has 0 spiro atoms. The summed E-state index contributed by atoms with van der Waals surface area (Å²) in [4.78, 5) is 2.28. The van der Waals surface area contributed by atoms with Gasteiger partial charge in [-0.2, -0.15) is 13.2 Å². The second kappa shape index (κ2) is 6.21. The van der Waals surface area contributed by atoms with Gasteiger partial charge in [0.25, 0.3) is 0 Å². The fraction of sp³-hybridized carbons (Fsp3) is 1.00. The number of ether oxygens (including phenoxy) is 1. The van der Waals surface area contributed by atoms with Crippen molar-refractivity contribution in [2.24, 2.45) is 0 Å². The van der Waals surface area contributed by atoms with E-state index in [-0.39, 0.29) is 6.61 Å². The molecule has 0 bridgehead atoms. The predicted molar refractivity (Wildman–Crippen MR) is 62.5 cm³/mol. The first-order chi connectivity index (χ1) is 8.54. The predicted octanol–water partition coefficient (Wildman–Crippen LogP) is 1.78. The third-order valence-corrected chi connectivity index (χ3v) is 3.47. The van der Waals surface area contributed by atoms with Gasteiger partial charge in [-0.15, -0.1) is 0 Å². The highest BCUT2D eigenvalue weighted by Crippen LogP contribution is 2.27. The van der Waals surface area contributed by atoms with E-state index < -0.39 is 12.8 Å². The molecular weight excluding hydrogens is 245 g/mol. The standard InChI is InChI=1S/C12H21F3N2O/c13-12(14,15)9-18-7-6-17(11-3-4-11)8-10-2-1-5-16-10/h10-11,16H,1-9H2/t10-/m1/s1. The molecule has 2 rings (SSSR count). The lowest BCUT2D eigenvalue weighted by Gasteiger charge is -2.25. The van der Waals surface area contributed by atoms with Crippen molar-refractivity contribution in [3.63, 3.8) is 0 Å². The summed E-state index contributed by atoms with van der Waals surface area (Å²) in [5.41, 5.74) is 0. The Labute approximate surface area is 106 Å². The first-order valence-corrected chi connectivity index (χ1v) is 6.66. The Balaban J connectivity index is 1.63. The molecule has 0 aromatic carbocycles. The van der Waals surface area contributed by atoms with Crippen molar-refractivity contribution in [2.75, 3.05) is 32.8 Å². The summed E-state index contributed by atoms with van der Waals surface area (Å²) in [6.07, 6.45) is 0.510. The molecule has 0 aromatic heterocycles. The number of alkyl halides is 3. The first kappa shape index (κ1) is 14.1. The van der Waals surface area contributed by atoms with E-state index in [1.807, 2.05) is 0 Å². The number of halogens is 3. The van der Waals surface area contributed by atoms with Crippen LogP contribution >= 0.6 is 0 Å². The van der Waals surface area contributed by atoms with E-state index in [9.17, 15) is 13.2 Å². The van der Waals surface area contributed by atoms with Gasteiger partial charge in [0.05, 0.1) is 6.61 Å². The van der Waals surface area contributed by atoms with E-state index in [4.69, 9.17) is 0 Å². The zero-order chi connectivity index (χ0) is 13.0. The molecule has 1 aliphatic heterocycles. The topological polar surface area (TPSA) is 24.5 Å². The molecule has 18 heavy (non-hydrogen) atoms. The van der Waals surface area contributed by atoms with E-state index >= 15 is 0 Å². The maximum atomic E-state index is 11.9. The van der Waals surface area contributed by atoms with Crippen LogP contribution in [0.5, 0.6) is 0 Å². The molecule has 0 amide bonds. The van der Waals surface area contributed by atoms with E-state index in [0.29, 0.717) is 18.6 Å². The molecule has 1 N–H and O–H groups in total. The van der Waals surface area contributed by atoms with Crippen molar-refractivity contribution < 1.29 is 17.9 Å².